The van der Waals surface area contributed by atoms with E-state index >= 15 is 0 Å². The first-order valence-corrected chi connectivity index (χ1v) is 21.2. The van der Waals surface area contributed by atoms with E-state index < -0.39 is 121 Å². The predicted molar refractivity (Wildman–Crippen MR) is 230 cm³/mol. The minimum absolute atomic E-state index is 0.0102. The van der Waals surface area contributed by atoms with Gasteiger partial charge in [-0.15, -0.1) is 0 Å². The van der Waals surface area contributed by atoms with Crippen molar-refractivity contribution in [1.29, 1.82) is 0 Å². The van der Waals surface area contributed by atoms with E-state index in [0.29, 0.717) is 25.0 Å². The van der Waals surface area contributed by atoms with Gasteiger partial charge >= 0.3 is 5.97 Å². The molecule has 25 nitrogen and oxygen atoms in total. The molecule has 362 valence electrons. The molecule has 64 heavy (non-hydrogen) atoms. The van der Waals surface area contributed by atoms with Crippen molar-refractivity contribution in [3.8, 4) is 0 Å². The number of rotatable bonds is 32. The fourth-order valence-corrected chi connectivity index (χ4v) is 6.10. The highest BCUT2D eigenvalue weighted by atomic mass is 16.4. The van der Waals surface area contributed by atoms with Gasteiger partial charge in [0.2, 0.25) is 47.3 Å². The van der Waals surface area contributed by atoms with Gasteiger partial charge in [-0.05, 0) is 84.2 Å². The van der Waals surface area contributed by atoms with Crippen LogP contribution in [0.15, 0.2) is 12.5 Å². The van der Waals surface area contributed by atoms with E-state index in [0.717, 1.165) is 0 Å². The maximum atomic E-state index is 13.9. The number of aliphatic hydroxyl groups excluding tert-OH is 2. The average Bonchev–Trinajstić information content (AvgIpc) is 3.74. The van der Waals surface area contributed by atoms with E-state index in [4.69, 9.17) is 22.9 Å². The van der Waals surface area contributed by atoms with Crippen molar-refractivity contribution in [2.24, 2.45) is 28.9 Å². The summed E-state index contributed by atoms with van der Waals surface area (Å²) in [4.78, 5) is 124. The Kier molecular flexibility index (Phi) is 26.0. The Morgan fingerprint density at radius 1 is 0.641 bits per heavy atom. The van der Waals surface area contributed by atoms with Crippen LogP contribution in [0.25, 0.3) is 0 Å². The molecule has 0 aliphatic heterocycles. The molecule has 8 amide bonds. The number of hydrogen-bond acceptors (Lipinski definition) is 15. The minimum Gasteiger partial charge on any atom is -0.480 e. The van der Waals surface area contributed by atoms with Gasteiger partial charge in [-0.2, -0.15) is 0 Å². The second-order valence-electron chi connectivity index (χ2n) is 15.9. The van der Waals surface area contributed by atoms with E-state index in [-0.39, 0.29) is 57.5 Å². The van der Waals surface area contributed by atoms with Crippen LogP contribution in [-0.4, -0.2) is 153 Å². The molecule has 0 aliphatic rings. The van der Waals surface area contributed by atoms with Crippen LogP contribution in [0.5, 0.6) is 0 Å². The maximum absolute atomic E-state index is 13.9. The van der Waals surface area contributed by atoms with Crippen LogP contribution in [0.3, 0.4) is 0 Å². The Morgan fingerprint density at radius 2 is 1.09 bits per heavy atom. The van der Waals surface area contributed by atoms with E-state index in [2.05, 4.69) is 47.2 Å². The number of hydrogen-bond donors (Lipinski definition) is 15. The van der Waals surface area contributed by atoms with Crippen LogP contribution < -0.4 is 60.2 Å². The summed E-state index contributed by atoms with van der Waals surface area (Å²) in [5, 5.41) is 47.2. The van der Waals surface area contributed by atoms with Gasteiger partial charge in [0.25, 0.3) is 0 Å². The molecule has 0 saturated heterocycles. The van der Waals surface area contributed by atoms with E-state index in [1.54, 1.807) is 13.8 Å². The lowest BCUT2D eigenvalue weighted by molar-refractivity contribution is -0.142. The third kappa shape index (κ3) is 21.1. The number of aromatic nitrogens is 2. The lowest BCUT2D eigenvalue weighted by atomic mass is 10.0. The molecule has 0 radical (unpaired) electrons. The number of aliphatic carboxylic acids is 1. The highest BCUT2D eigenvalue weighted by Crippen LogP contribution is 2.10. The zero-order chi connectivity index (χ0) is 48.5. The van der Waals surface area contributed by atoms with Crippen molar-refractivity contribution in [2.45, 2.75) is 146 Å². The van der Waals surface area contributed by atoms with Crippen LogP contribution in [0.4, 0.5) is 0 Å². The summed E-state index contributed by atoms with van der Waals surface area (Å²) >= 11 is 0. The van der Waals surface area contributed by atoms with Crippen molar-refractivity contribution in [1.82, 2.24) is 47.2 Å². The summed E-state index contributed by atoms with van der Waals surface area (Å²) in [6, 6.07) is -11.3. The van der Waals surface area contributed by atoms with Gasteiger partial charge in [-0.3, -0.25) is 38.4 Å². The topological polar surface area (TPSA) is 431 Å². The largest absolute Gasteiger partial charge is 0.480 e. The summed E-state index contributed by atoms with van der Waals surface area (Å²) < 4.78 is 0. The molecule has 1 aromatic rings. The van der Waals surface area contributed by atoms with Crippen LogP contribution in [0, 0.1) is 5.92 Å². The number of carboxylic acid groups (broad SMARTS) is 1. The molecule has 9 atom stereocenters. The molecule has 1 rings (SSSR count). The van der Waals surface area contributed by atoms with Crippen LogP contribution >= 0.6 is 0 Å². The molecule has 19 N–H and O–H groups in total. The quantitative estimate of drug-likeness (QED) is 0.0300. The molecule has 0 bridgehead atoms. The van der Waals surface area contributed by atoms with Crippen molar-refractivity contribution >= 4 is 53.2 Å². The fraction of sp³-hybridized carbons (Fsp3) is 0.692. The SMILES string of the molecule is CC(C)C[C@H](NC(=O)[C@H](Cc1cnc[nH]1)NC(=O)[C@H](CCC(N)=O)NC(=O)[C@H](CCCCN)NC(=O)[C@H](CO)NC(=O)[C@H](CCCCN)NC(=O)[C@@H](NC(=O)[C@H](C)N)[C@@H](C)O)C(=O)O. The molecule has 0 fully saturated rings. The van der Waals surface area contributed by atoms with Gasteiger partial charge in [0.05, 0.1) is 25.1 Å². The second kappa shape index (κ2) is 29.6. The lowest BCUT2D eigenvalue weighted by Crippen LogP contribution is -2.61. The number of nitrogens with one attached hydrogen (secondary N) is 8. The predicted octanol–water partition coefficient (Wildman–Crippen LogP) is -5.28. The van der Waals surface area contributed by atoms with Crippen molar-refractivity contribution < 1.29 is 58.5 Å². The highest BCUT2D eigenvalue weighted by Gasteiger charge is 2.35. The molecular weight excluding hydrogens is 843 g/mol. The third-order valence-corrected chi connectivity index (χ3v) is 9.70. The van der Waals surface area contributed by atoms with E-state index in [1.165, 1.54) is 26.4 Å². The number of amides is 8. The second-order valence-corrected chi connectivity index (χ2v) is 15.9. The van der Waals surface area contributed by atoms with E-state index in [1.807, 2.05) is 0 Å². The first-order valence-electron chi connectivity index (χ1n) is 21.2. The van der Waals surface area contributed by atoms with Gasteiger partial charge in [-0.25, -0.2) is 9.78 Å². The lowest BCUT2D eigenvalue weighted by Gasteiger charge is -2.28. The maximum Gasteiger partial charge on any atom is 0.326 e. The zero-order valence-corrected chi connectivity index (χ0v) is 36.9. The zero-order valence-electron chi connectivity index (χ0n) is 36.9. The summed E-state index contributed by atoms with van der Waals surface area (Å²) in [5.41, 5.74) is 22.6. The molecule has 1 aromatic heterocycles. The highest BCUT2D eigenvalue weighted by molar-refractivity contribution is 5.97. The Hall–Kier alpha value is -5.76. The number of nitrogens with zero attached hydrogens (tertiary/aromatic N) is 1. The number of carbonyl (C=O) groups is 9. The standard InChI is InChI=1S/C39H69N13O12/c1-20(2)15-28(39(63)64)50-36(60)27(16-23-17-44-19-45-23)49-35(59)26(11-12-30(43)55)47-33(57)24(9-5-7-13-40)46-37(61)29(18-53)51-34(58)25(10-6-8-14-41)48-38(62)31(22(4)54)52-32(56)21(3)42/h17,19-22,24-29,31,53-54H,5-16,18,40-42H2,1-4H3,(H2,43,55)(H,44,45)(H,46,61)(H,47,57)(H,48,62)(H,49,59)(H,50,60)(H,51,58)(H,52,56)(H,63,64)/t21-,22+,24-,25-,26-,27-,28-,29-,31-/m0/s1. The average molecular weight is 912 g/mol. The third-order valence-electron chi connectivity index (χ3n) is 9.70. The molecule has 1 heterocycles. The number of unbranched alkanes of at least 4 members (excludes halogenated alkanes) is 2. The summed E-state index contributed by atoms with van der Waals surface area (Å²) in [7, 11) is 0. The van der Waals surface area contributed by atoms with Crippen molar-refractivity contribution in [2.75, 3.05) is 19.7 Å². The number of carboxylic acids is 1. The summed E-state index contributed by atoms with van der Waals surface area (Å²) in [5.74, 6) is -8.72. The van der Waals surface area contributed by atoms with E-state index in [9.17, 15) is 58.5 Å². The Morgan fingerprint density at radius 3 is 1.52 bits per heavy atom. The first kappa shape index (κ1) is 56.3. The number of carbonyl (C=O) groups excluding carboxylic acids is 8. The van der Waals surface area contributed by atoms with Crippen molar-refractivity contribution in [3.63, 3.8) is 0 Å². The summed E-state index contributed by atoms with van der Waals surface area (Å²) in [6.45, 7) is 5.60. The van der Waals surface area contributed by atoms with Gasteiger partial charge in [0, 0.05) is 24.7 Å². The van der Waals surface area contributed by atoms with Gasteiger partial charge in [0.15, 0.2) is 0 Å². The van der Waals surface area contributed by atoms with Crippen LogP contribution in [0.1, 0.15) is 91.2 Å². The van der Waals surface area contributed by atoms with Gasteiger partial charge < -0.3 is 80.5 Å². The number of H-pyrrole nitrogens is 1. The summed E-state index contributed by atoms with van der Waals surface area (Å²) in [6.07, 6.45) is 1.77. The molecule has 0 saturated carbocycles. The molecule has 0 aliphatic carbocycles. The Balaban J connectivity index is 3.38. The van der Waals surface area contributed by atoms with Gasteiger partial charge in [-0.1, -0.05) is 13.8 Å². The molecule has 0 aromatic carbocycles. The first-order chi connectivity index (χ1) is 30.1. The Bertz CT molecular complexity index is 1680. The number of nitrogens with two attached hydrogens (primary N) is 4. The number of aliphatic hydroxyl groups is 2. The Labute approximate surface area is 371 Å². The minimum atomic E-state index is -1.70. The molecule has 0 spiro atoms. The normalized spacial score (nSPS) is 15.4. The fourth-order valence-electron chi connectivity index (χ4n) is 6.10. The number of aromatic amines is 1. The van der Waals surface area contributed by atoms with Crippen molar-refractivity contribution in [3.05, 3.63) is 18.2 Å². The van der Waals surface area contributed by atoms with Crippen LogP contribution in [-0.2, 0) is 49.6 Å². The van der Waals surface area contributed by atoms with Gasteiger partial charge in [0.1, 0.15) is 42.3 Å². The molecule has 25 heteroatoms. The number of primary amides is 1. The smallest absolute Gasteiger partial charge is 0.326 e. The monoisotopic (exact) mass is 912 g/mol. The van der Waals surface area contributed by atoms with Crippen LogP contribution in [0.2, 0.25) is 0 Å². The number of imidazole rings is 1. The molecule has 0 unspecified atom stereocenters. The molecular formula is C39H69N13O12.